The first-order valence-electron chi connectivity index (χ1n) is 8.12. The molecule has 2 N–H and O–H groups in total. The summed E-state index contributed by atoms with van der Waals surface area (Å²) in [5, 5.41) is 5.63. The lowest BCUT2D eigenvalue weighted by atomic mass is 10.2. The van der Waals surface area contributed by atoms with Gasteiger partial charge < -0.3 is 15.1 Å². The Balaban J connectivity index is 1.43. The molecule has 2 amide bonds. The van der Waals surface area contributed by atoms with Crippen LogP contribution in [-0.2, 0) is 4.79 Å². The zero-order valence-electron chi connectivity index (χ0n) is 13.9. The normalized spacial score (nSPS) is 10.6. The standard InChI is InChI=1S/C19H19N3O3/c1-13-21-16-12-15(9-10-17(16)25-13)22-18(23)8-5-11-20-19(24)14-6-3-2-4-7-14/h2-4,6-7,9-10,12H,5,8,11H2,1H3,(H,20,24)(H,22,23). The average Bonchev–Trinajstić information content (AvgIpc) is 2.98. The maximum absolute atomic E-state index is 12.0. The summed E-state index contributed by atoms with van der Waals surface area (Å²) in [6, 6.07) is 14.3. The number of rotatable bonds is 6. The Kier molecular flexibility index (Phi) is 5.09. The Morgan fingerprint density at radius 3 is 2.72 bits per heavy atom. The molecular formula is C19H19N3O3. The van der Waals surface area contributed by atoms with Gasteiger partial charge >= 0.3 is 0 Å². The molecule has 3 aromatic rings. The van der Waals surface area contributed by atoms with Crippen LogP contribution in [0.1, 0.15) is 29.1 Å². The van der Waals surface area contributed by atoms with E-state index in [1.807, 2.05) is 18.2 Å². The fourth-order valence-corrected chi connectivity index (χ4v) is 2.49. The second-order valence-corrected chi connectivity index (χ2v) is 5.69. The zero-order valence-corrected chi connectivity index (χ0v) is 13.9. The molecule has 1 aromatic heterocycles. The highest BCUT2D eigenvalue weighted by molar-refractivity contribution is 5.94. The van der Waals surface area contributed by atoms with Gasteiger partial charge in [0.1, 0.15) is 5.52 Å². The lowest BCUT2D eigenvalue weighted by Crippen LogP contribution is -2.25. The number of amides is 2. The lowest BCUT2D eigenvalue weighted by Gasteiger charge is -2.06. The van der Waals surface area contributed by atoms with Crippen molar-refractivity contribution in [3.63, 3.8) is 0 Å². The topological polar surface area (TPSA) is 84.2 Å². The maximum atomic E-state index is 12.0. The van der Waals surface area contributed by atoms with Crippen molar-refractivity contribution in [3.8, 4) is 0 Å². The summed E-state index contributed by atoms with van der Waals surface area (Å²) in [6.07, 6.45) is 0.890. The number of aryl methyl sites for hydroxylation is 1. The number of nitrogens with zero attached hydrogens (tertiary/aromatic N) is 1. The van der Waals surface area contributed by atoms with Gasteiger partial charge in [-0.15, -0.1) is 0 Å². The molecule has 0 aliphatic rings. The molecule has 128 valence electrons. The highest BCUT2D eigenvalue weighted by Crippen LogP contribution is 2.19. The molecule has 0 aliphatic carbocycles. The molecule has 2 aromatic carbocycles. The van der Waals surface area contributed by atoms with Crippen LogP contribution in [0, 0.1) is 6.92 Å². The van der Waals surface area contributed by atoms with E-state index in [1.165, 1.54) is 0 Å². The molecule has 3 rings (SSSR count). The van der Waals surface area contributed by atoms with Crippen LogP contribution in [0.2, 0.25) is 0 Å². The number of nitrogens with one attached hydrogen (secondary N) is 2. The van der Waals surface area contributed by atoms with Crippen molar-refractivity contribution in [1.29, 1.82) is 0 Å². The molecular weight excluding hydrogens is 318 g/mol. The Morgan fingerprint density at radius 2 is 1.92 bits per heavy atom. The van der Waals surface area contributed by atoms with E-state index in [2.05, 4.69) is 15.6 Å². The smallest absolute Gasteiger partial charge is 0.251 e. The van der Waals surface area contributed by atoms with E-state index < -0.39 is 0 Å². The third-order valence-corrected chi connectivity index (χ3v) is 3.68. The predicted octanol–water partition coefficient (Wildman–Crippen LogP) is 3.28. The summed E-state index contributed by atoms with van der Waals surface area (Å²) in [7, 11) is 0. The number of aromatic nitrogens is 1. The fourth-order valence-electron chi connectivity index (χ4n) is 2.49. The number of benzene rings is 2. The first-order chi connectivity index (χ1) is 12.1. The summed E-state index contributed by atoms with van der Waals surface area (Å²) < 4.78 is 5.40. The van der Waals surface area contributed by atoms with E-state index in [0.29, 0.717) is 47.6 Å². The second kappa shape index (κ2) is 7.61. The van der Waals surface area contributed by atoms with E-state index in [-0.39, 0.29) is 11.8 Å². The third kappa shape index (κ3) is 4.44. The molecule has 0 atom stereocenters. The highest BCUT2D eigenvalue weighted by atomic mass is 16.3. The Morgan fingerprint density at radius 1 is 1.12 bits per heavy atom. The quantitative estimate of drug-likeness (QED) is 0.676. The van der Waals surface area contributed by atoms with Crippen molar-refractivity contribution >= 4 is 28.6 Å². The van der Waals surface area contributed by atoms with Crippen LogP contribution in [0.25, 0.3) is 11.1 Å². The van der Waals surface area contributed by atoms with Gasteiger partial charge in [-0.1, -0.05) is 18.2 Å². The first kappa shape index (κ1) is 16.7. The lowest BCUT2D eigenvalue weighted by molar-refractivity contribution is -0.116. The summed E-state index contributed by atoms with van der Waals surface area (Å²) in [4.78, 5) is 28.1. The second-order valence-electron chi connectivity index (χ2n) is 5.69. The molecule has 0 radical (unpaired) electrons. The van der Waals surface area contributed by atoms with Gasteiger partial charge in [0.2, 0.25) is 5.91 Å². The van der Waals surface area contributed by atoms with Crippen molar-refractivity contribution in [3.05, 3.63) is 60.0 Å². The number of carbonyl (C=O) groups is 2. The van der Waals surface area contributed by atoms with Gasteiger partial charge in [-0.3, -0.25) is 9.59 Å². The van der Waals surface area contributed by atoms with E-state index in [9.17, 15) is 9.59 Å². The van der Waals surface area contributed by atoms with Crippen LogP contribution in [0.4, 0.5) is 5.69 Å². The van der Waals surface area contributed by atoms with E-state index >= 15 is 0 Å². The van der Waals surface area contributed by atoms with Crippen LogP contribution in [0.15, 0.2) is 52.9 Å². The van der Waals surface area contributed by atoms with Crippen molar-refractivity contribution in [2.45, 2.75) is 19.8 Å². The number of fused-ring (bicyclic) bond motifs is 1. The van der Waals surface area contributed by atoms with E-state index in [0.717, 1.165) is 0 Å². The molecule has 0 saturated carbocycles. The molecule has 1 heterocycles. The molecule has 0 fully saturated rings. The monoisotopic (exact) mass is 337 g/mol. The first-order valence-corrected chi connectivity index (χ1v) is 8.12. The predicted molar refractivity (Wildman–Crippen MR) is 95.4 cm³/mol. The summed E-state index contributed by atoms with van der Waals surface area (Å²) in [6.45, 7) is 2.23. The number of carbonyl (C=O) groups excluding carboxylic acids is 2. The maximum Gasteiger partial charge on any atom is 0.251 e. The van der Waals surface area contributed by atoms with E-state index in [1.54, 1.807) is 37.3 Å². The van der Waals surface area contributed by atoms with Gasteiger partial charge in [-0.05, 0) is 36.8 Å². The number of anilines is 1. The minimum Gasteiger partial charge on any atom is -0.441 e. The van der Waals surface area contributed by atoms with Crippen LogP contribution in [0.5, 0.6) is 0 Å². The summed E-state index contributed by atoms with van der Waals surface area (Å²) in [5.41, 5.74) is 2.70. The van der Waals surface area contributed by atoms with Gasteiger partial charge in [0, 0.05) is 31.1 Å². The molecule has 0 spiro atoms. The van der Waals surface area contributed by atoms with Crippen molar-refractivity contribution < 1.29 is 14.0 Å². The van der Waals surface area contributed by atoms with Crippen LogP contribution >= 0.6 is 0 Å². The largest absolute Gasteiger partial charge is 0.441 e. The van der Waals surface area contributed by atoms with Crippen molar-refractivity contribution in [2.24, 2.45) is 0 Å². The van der Waals surface area contributed by atoms with Gasteiger partial charge in [0.15, 0.2) is 11.5 Å². The van der Waals surface area contributed by atoms with Gasteiger partial charge in [0.05, 0.1) is 0 Å². The summed E-state index contributed by atoms with van der Waals surface area (Å²) in [5.74, 6) is 0.356. The molecule has 0 unspecified atom stereocenters. The Hall–Kier alpha value is -3.15. The summed E-state index contributed by atoms with van der Waals surface area (Å²) >= 11 is 0. The Labute approximate surface area is 145 Å². The average molecular weight is 337 g/mol. The molecule has 25 heavy (non-hydrogen) atoms. The van der Waals surface area contributed by atoms with Crippen molar-refractivity contribution in [2.75, 3.05) is 11.9 Å². The van der Waals surface area contributed by atoms with Crippen LogP contribution < -0.4 is 10.6 Å². The number of hydrogen-bond donors (Lipinski definition) is 2. The molecule has 0 bridgehead atoms. The number of oxazole rings is 1. The van der Waals surface area contributed by atoms with Gasteiger partial charge in [-0.25, -0.2) is 4.98 Å². The Bertz CT molecular complexity index is 887. The van der Waals surface area contributed by atoms with Crippen LogP contribution in [0.3, 0.4) is 0 Å². The fraction of sp³-hybridized carbons (Fsp3) is 0.211. The minimum atomic E-state index is -0.132. The molecule has 0 saturated heterocycles. The molecule has 6 nitrogen and oxygen atoms in total. The third-order valence-electron chi connectivity index (χ3n) is 3.68. The van der Waals surface area contributed by atoms with Gasteiger partial charge in [-0.2, -0.15) is 0 Å². The van der Waals surface area contributed by atoms with Crippen molar-refractivity contribution in [1.82, 2.24) is 10.3 Å². The van der Waals surface area contributed by atoms with Gasteiger partial charge in [0.25, 0.3) is 5.91 Å². The molecule has 6 heteroatoms. The zero-order chi connectivity index (χ0) is 17.6. The minimum absolute atomic E-state index is 0.103. The molecule has 0 aliphatic heterocycles. The van der Waals surface area contributed by atoms with E-state index in [4.69, 9.17) is 4.42 Å². The van der Waals surface area contributed by atoms with Crippen LogP contribution in [-0.4, -0.2) is 23.3 Å². The number of hydrogen-bond acceptors (Lipinski definition) is 4. The highest BCUT2D eigenvalue weighted by Gasteiger charge is 2.07. The SMILES string of the molecule is Cc1nc2cc(NC(=O)CCCNC(=O)c3ccccc3)ccc2o1.